The summed E-state index contributed by atoms with van der Waals surface area (Å²) >= 11 is 0. The van der Waals surface area contributed by atoms with Crippen molar-refractivity contribution in [2.75, 3.05) is 23.8 Å². The van der Waals surface area contributed by atoms with Crippen LogP contribution in [0.2, 0.25) is 0 Å². The summed E-state index contributed by atoms with van der Waals surface area (Å²) in [7, 11) is 0. The van der Waals surface area contributed by atoms with Crippen LogP contribution in [0.15, 0.2) is 24.5 Å². The molecule has 1 aromatic carbocycles. The van der Waals surface area contributed by atoms with E-state index in [-0.39, 0.29) is 18.7 Å². The number of imidazole rings is 1. The lowest BCUT2D eigenvalue weighted by molar-refractivity contribution is 0.271. The van der Waals surface area contributed by atoms with Crippen LogP contribution in [0.3, 0.4) is 0 Å². The smallest absolute Gasteiger partial charge is 0.227 e. The first-order valence-electron chi connectivity index (χ1n) is 10.8. The van der Waals surface area contributed by atoms with Crippen LogP contribution in [0.25, 0.3) is 11.2 Å². The lowest BCUT2D eigenvalue weighted by atomic mass is 10.0. The molecule has 0 unspecified atom stereocenters. The Hall–Kier alpha value is -2.67. The number of aliphatic hydroxyl groups excluding tert-OH is 1. The molecule has 7 heteroatoms. The van der Waals surface area contributed by atoms with Gasteiger partial charge in [-0.1, -0.05) is 25.1 Å². The van der Waals surface area contributed by atoms with E-state index in [1.54, 1.807) is 0 Å². The fourth-order valence-corrected chi connectivity index (χ4v) is 3.40. The third kappa shape index (κ3) is 5.08. The summed E-state index contributed by atoms with van der Waals surface area (Å²) in [5, 5.41) is 16.2. The van der Waals surface area contributed by atoms with Crippen LogP contribution in [0.5, 0.6) is 0 Å². The molecule has 0 spiro atoms. The molecule has 3 aromatic rings. The minimum atomic E-state index is -0.0736. The maximum absolute atomic E-state index is 9.54. The van der Waals surface area contributed by atoms with Crippen molar-refractivity contribution in [3.8, 4) is 0 Å². The topological polar surface area (TPSA) is 87.9 Å². The minimum absolute atomic E-state index is 0.0417. The summed E-state index contributed by atoms with van der Waals surface area (Å²) in [5.41, 5.74) is 5.59. The van der Waals surface area contributed by atoms with Crippen molar-refractivity contribution in [2.45, 2.75) is 66.0 Å². The number of aliphatic hydroxyl groups is 1. The monoisotopic (exact) mass is 410 g/mol. The minimum Gasteiger partial charge on any atom is -0.394 e. The van der Waals surface area contributed by atoms with E-state index in [0.29, 0.717) is 5.95 Å². The van der Waals surface area contributed by atoms with Gasteiger partial charge in [0.25, 0.3) is 0 Å². The van der Waals surface area contributed by atoms with Gasteiger partial charge < -0.3 is 20.3 Å². The SMILES string of the molecule is CC[C@H](CO)Nc1nc(NCCCc2ccc(C)c(C)c2)c2ncn(C(C)C)c2n1. The first-order chi connectivity index (χ1) is 14.4. The molecule has 2 aromatic heterocycles. The van der Waals surface area contributed by atoms with Gasteiger partial charge in [0.2, 0.25) is 5.95 Å². The number of benzene rings is 1. The van der Waals surface area contributed by atoms with Crippen molar-refractivity contribution < 1.29 is 5.11 Å². The van der Waals surface area contributed by atoms with Crippen LogP contribution in [-0.4, -0.2) is 43.8 Å². The molecule has 1 atom stereocenters. The van der Waals surface area contributed by atoms with Gasteiger partial charge in [-0.3, -0.25) is 0 Å². The molecule has 0 fully saturated rings. The average Bonchev–Trinajstić information content (AvgIpc) is 3.16. The molecule has 0 bridgehead atoms. The van der Waals surface area contributed by atoms with Crippen LogP contribution < -0.4 is 10.6 Å². The highest BCUT2D eigenvalue weighted by Crippen LogP contribution is 2.24. The molecular formula is C23H34N6O. The van der Waals surface area contributed by atoms with Gasteiger partial charge in [0, 0.05) is 12.6 Å². The van der Waals surface area contributed by atoms with Gasteiger partial charge in [0.05, 0.1) is 19.0 Å². The van der Waals surface area contributed by atoms with E-state index >= 15 is 0 Å². The van der Waals surface area contributed by atoms with Crippen LogP contribution in [0.1, 0.15) is 56.3 Å². The Morgan fingerprint density at radius 3 is 2.60 bits per heavy atom. The molecule has 0 aliphatic heterocycles. The summed E-state index contributed by atoms with van der Waals surface area (Å²) in [6.07, 6.45) is 4.61. The number of rotatable bonds is 10. The van der Waals surface area contributed by atoms with Crippen molar-refractivity contribution in [1.29, 1.82) is 0 Å². The number of nitrogens with zero attached hydrogens (tertiary/aromatic N) is 4. The molecule has 0 radical (unpaired) electrons. The molecule has 3 rings (SSSR count). The zero-order valence-corrected chi connectivity index (χ0v) is 18.7. The third-order valence-electron chi connectivity index (χ3n) is 5.53. The Morgan fingerprint density at radius 2 is 1.93 bits per heavy atom. The fourth-order valence-electron chi connectivity index (χ4n) is 3.40. The number of aryl methyl sites for hydroxylation is 3. The molecule has 7 nitrogen and oxygen atoms in total. The van der Waals surface area contributed by atoms with E-state index in [9.17, 15) is 5.11 Å². The second kappa shape index (κ2) is 9.89. The third-order valence-corrected chi connectivity index (χ3v) is 5.53. The summed E-state index contributed by atoms with van der Waals surface area (Å²) in [6.45, 7) is 11.4. The highest BCUT2D eigenvalue weighted by atomic mass is 16.3. The molecule has 162 valence electrons. The molecule has 0 aliphatic rings. The maximum atomic E-state index is 9.54. The van der Waals surface area contributed by atoms with Crippen LogP contribution >= 0.6 is 0 Å². The van der Waals surface area contributed by atoms with E-state index in [0.717, 1.165) is 42.8 Å². The van der Waals surface area contributed by atoms with E-state index in [4.69, 9.17) is 0 Å². The van der Waals surface area contributed by atoms with Gasteiger partial charge in [-0.2, -0.15) is 9.97 Å². The van der Waals surface area contributed by atoms with E-state index in [2.05, 4.69) is 71.5 Å². The van der Waals surface area contributed by atoms with Crippen molar-refractivity contribution in [3.63, 3.8) is 0 Å². The predicted molar refractivity (Wildman–Crippen MR) is 123 cm³/mol. The van der Waals surface area contributed by atoms with Crippen molar-refractivity contribution >= 4 is 22.9 Å². The van der Waals surface area contributed by atoms with Gasteiger partial charge in [0.1, 0.15) is 0 Å². The van der Waals surface area contributed by atoms with Gasteiger partial charge in [0.15, 0.2) is 17.0 Å². The van der Waals surface area contributed by atoms with E-state index < -0.39 is 0 Å². The van der Waals surface area contributed by atoms with Gasteiger partial charge in [-0.25, -0.2) is 4.98 Å². The summed E-state index contributed by atoms with van der Waals surface area (Å²) < 4.78 is 2.04. The average molecular weight is 411 g/mol. The molecule has 3 N–H and O–H groups in total. The van der Waals surface area contributed by atoms with Gasteiger partial charge in [-0.05, 0) is 63.6 Å². The lowest BCUT2D eigenvalue weighted by Crippen LogP contribution is -2.24. The Balaban J connectivity index is 1.76. The normalized spacial score (nSPS) is 12.5. The zero-order valence-electron chi connectivity index (χ0n) is 18.7. The van der Waals surface area contributed by atoms with Gasteiger partial charge in [-0.15, -0.1) is 0 Å². The highest BCUT2D eigenvalue weighted by molar-refractivity contribution is 5.84. The molecule has 0 saturated heterocycles. The molecule has 0 aliphatic carbocycles. The number of hydrogen-bond donors (Lipinski definition) is 3. The Labute approximate surface area is 179 Å². The Kier molecular flexibility index (Phi) is 7.26. The number of anilines is 2. The largest absolute Gasteiger partial charge is 0.394 e. The molecule has 30 heavy (non-hydrogen) atoms. The van der Waals surface area contributed by atoms with Crippen LogP contribution in [0.4, 0.5) is 11.8 Å². The quantitative estimate of drug-likeness (QED) is 0.433. The summed E-state index contributed by atoms with van der Waals surface area (Å²) in [4.78, 5) is 13.9. The highest BCUT2D eigenvalue weighted by Gasteiger charge is 2.16. The van der Waals surface area contributed by atoms with Gasteiger partial charge >= 0.3 is 0 Å². The molecule has 0 amide bonds. The Bertz CT molecular complexity index is 977. The maximum Gasteiger partial charge on any atom is 0.227 e. The second-order valence-electron chi connectivity index (χ2n) is 8.19. The van der Waals surface area contributed by atoms with Crippen LogP contribution in [-0.2, 0) is 6.42 Å². The zero-order chi connectivity index (χ0) is 21.7. The standard InChI is InChI=1S/C23H34N6O/c1-6-19(13-30)26-23-27-21(20-22(28-23)29(14-25-20)15(2)3)24-11-7-8-18-10-9-16(4)17(5)12-18/h9-10,12,14-15,19,30H,6-8,11,13H2,1-5H3,(H2,24,26,27,28)/t19-/m1/s1. The number of fused-ring (bicyclic) bond motifs is 1. The Morgan fingerprint density at radius 1 is 1.13 bits per heavy atom. The van der Waals surface area contributed by atoms with E-state index in [1.807, 2.05) is 17.8 Å². The predicted octanol–water partition coefficient (Wildman–Crippen LogP) is 4.25. The second-order valence-corrected chi connectivity index (χ2v) is 8.19. The van der Waals surface area contributed by atoms with Crippen molar-refractivity contribution in [3.05, 3.63) is 41.2 Å². The van der Waals surface area contributed by atoms with Crippen molar-refractivity contribution in [2.24, 2.45) is 0 Å². The number of nitrogens with one attached hydrogen (secondary N) is 2. The first-order valence-corrected chi connectivity index (χ1v) is 10.8. The van der Waals surface area contributed by atoms with E-state index in [1.165, 1.54) is 16.7 Å². The molecule has 0 saturated carbocycles. The number of hydrogen-bond acceptors (Lipinski definition) is 6. The lowest BCUT2D eigenvalue weighted by Gasteiger charge is -2.16. The van der Waals surface area contributed by atoms with Crippen molar-refractivity contribution in [1.82, 2.24) is 19.5 Å². The fraction of sp³-hybridized carbons (Fsp3) is 0.522. The summed E-state index contributed by atoms with van der Waals surface area (Å²) in [5.74, 6) is 1.25. The molecule has 2 heterocycles. The number of aromatic nitrogens is 4. The van der Waals surface area contributed by atoms with Crippen LogP contribution in [0, 0.1) is 13.8 Å². The molecular weight excluding hydrogens is 376 g/mol. The summed E-state index contributed by atoms with van der Waals surface area (Å²) in [6, 6.07) is 6.83. The first kappa shape index (κ1) is 22.0.